The maximum absolute atomic E-state index is 10.2. The van der Waals surface area contributed by atoms with Gasteiger partial charge in [0.2, 0.25) is 0 Å². The van der Waals surface area contributed by atoms with E-state index in [9.17, 15) is 4.79 Å². The molecule has 0 aliphatic heterocycles. The van der Waals surface area contributed by atoms with Gasteiger partial charge in [0.05, 0.1) is 0 Å². The van der Waals surface area contributed by atoms with Gasteiger partial charge in [-0.3, -0.25) is 4.79 Å². The van der Waals surface area contributed by atoms with Gasteiger partial charge < -0.3 is 0 Å². The molecule has 0 aliphatic rings. The Balaban J connectivity index is 3.34. The van der Waals surface area contributed by atoms with Crippen LogP contribution in [0.4, 0.5) is 0 Å². The molecule has 1 atom stereocenters. The van der Waals surface area contributed by atoms with Crippen LogP contribution in [0.15, 0.2) is 0 Å². The van der Waals surface area contributed by atoms with Crippen molar-refractivity contribution in [2.75, 3.05) is 4.43 Å². The molecule has 0 aliphatic carbocycles. The highest BCUT2D eigenvalue weighted by atomic mass is 127. The summed E-state index contributed by atoms with van der Waals surface area (Å²) in [6.07, 6.45) is 0. The molecule has 0 bridgehead atoms. The zero-order valence-corrected chi connectivity index (χ0v) is 6.86. The normalized spacial score (nSPS) is 13.6. The lowest BCUT2D eigenvalue weighted by atomic mass is 10.3. The third kappa shape index (κ3) is 3.29. The highest BCUT2D eigenvalue weighted by Crippen LogP contribution is 2.00. The van der Waals surface area contributed by atoms with E-state index in [1.807, 2.05) is 0 Å². The van der Waals surface area contributed by atoms with Crippen LogP contribution in [-0.4, -0.2) is 15.6 Å². The number of Topliss-reactive ketones (excluding diaryl/α,β-unsaturated/α-hetero) is 1. The Morgan fingerprint density at radius 2 is 2.43 bits per heavy atom. The molecule has 7 heavy (non-hydrogen) atoms. The van der Waals surface area contributed by atoms with Gasteiger partial charge in [0.25, 0.3) is 0 Å². The number of carbonyl (C=O) groups excluding carboxylic acids is 1. The molecule has 0 amide bonds. The summed E-state index contributed by atoms with van der Waals surface area (Å²) in [5.41, 5.74) is 0. The second-order valence-corrected chi connectivity index (χ2v) is 2.64. The predicted octanol–water partition coefficient (Wildman–Crippen LogP) is 1.62. The molecule has 42 valence electrons. The molecule has 0 radical (unpaired) electrons. The first-order chi connectivity index (χ1) is 3.18. The average Bonchev–Trinajstić information content (AvgIpc) is 1.65. The van der Waals surface area contributed by atoms with Crippen LogP contribution in [0.5, 0.6) is 0 Å². The Hall–Kier alpha value is 0.690. The second kappa shape index (κ2) is 3.66. The fourth-order valence-electron chi connectivity index (χ4n) is 0.109. The molecule has 0 saturated carbocycles. The van der Waals surface area contributed by atoms with E-state index in [0.717, 1.165) is 0 Å². The summed E-state index contributed by atoms with van der Waals surface area (Å²) >= 11 is 7.52. The van der Waals surface area contributed by atoms with Crippen LogP contribution < -0.4 is 0 Å². The molecule has 1 unspecified atom stereocenters. The van der Waals surface area contributed by atoms with Crippen LogP contribution >= 0.6 is 34.2 Å². The van der Waals surface area contributed by atoms with Crippen molar-refractivity contribution in [1.29, 1.82) is 0 Å². The third-order valence-corrected chi connectivity index (χ3v) is 2.44. The molecule has 1 nitrogen and oxygen atoms in total. The number of halogens is 2. The Morgan fingerprint density at radius 3 is 2.43 bits per heavy atom. The van der Waals surface area contributed by atoms with Crippen molar-refractivity contribution >= 4 is 40.0 Å². The molecular formula is C4H6ClIO. The summed E-state index contributed by atoms with van der Waals surface area (Å²) in [5, 5.41) is -0.277. The van der Waals surface area contributed by atoms with Crippen molar-refractivity contribution in [2.45, 2.75) is 12.3 Å². The fraction of sp³-hybridized carbons (Fsp3) is 0.750. The minimum atomic E-state index is -0.277. The summed E-state index contributed by atoms with van der Waals surface area (Å²) in [6, 6.07) is 0. The van der Waals surface area contributed by atoms with Crippen molar-refractivity contribution in [2.24, 2.45) is 0 Å². The van der Waals surface area contributed by atoms with Gasteiger partial charge in [-0.1, -0.05) is 22.6 Å². The van der Waals surface area contributed by atoms with E-state index >= 15 is 0 Å². The minimum absolute atomic E-state index is 0.0519. The molecule has 0 rings (SSSR count). The summed E-state index contributed by atoms with van der Waals surface area (Å²) in [4.78, 5) is 10.2. The Labute approximate surface area is 61.6 Å². The van der Waals surface area contributed by atoms with Gasteiger partial charge in [0, 0.05) is 4.43 Å². The number of rotatable bonds is 2. The maximum atomic E-state index is 10.2. The first kappa shape index (κ1) is 7.69. The van der Waals surface area contributed by atoms with Crippen molar-refractivity contribution in [3.63, 3.8) is 0 Å². The average molecular weight is 232 g/mol. The SMILES string of the molecule is CC(=O)C(Cl)CI. The zero-order valence-electron chi connectivity index (χ0n) is 3.95. The number of hydrogen-bond acceptors (Lipinski definition) is 1. The number of carbonyl (C=O) groups is 1. The van der Waals surface area contributed by atoms with Crippen LogP contribution in [0.25, 0.3) is 0 Å². The van der Waals surface area contributed by atoms with Crippen LogP contribution in [0.1, 0.15) is 6.92 Å². The van der Waals surface area contributed by atoms with Crippen LogP contribution in [0, 0.1) is 0 Å². The van der Waals surface area contributed by atoms with E-state index in [1.54, 1.807) is 0 Å². The van der Waals surface area contributed by atoms with Gasteiger partial charge in [0.15, 0.2) is 0 Å². The highest BCUT2D eigenvalue weighted by Gasteiger charge is 2.05. The quantitative estimate of drug-likeness (QED) is 0.522. The van der Waals surface area contributed by atoms with Crippen molar-refractivity contribution in [1.82, 2.24) is 0 Å². The lowest BCUT2D eigenvalue weighted by Crippen LogP contribution is -2.10. The summed E-state index contributed by atoms with van der Waals surface area (Å²) in [5.74, 6) is 0.0519. The van der Waals surface area contributed by atoms with Crippen LogP contribution in [0.2, 0.25) is 0 Å². The van der Waals surface area contributed by atoms with Gasteiger partial charge in [-0.25, -0.2) is 0 Å². The fourth-order valence-corrected chi connectivity index (χ4v) is 0.729. The largest absolute Gasteiger partial charge is 0.298 e. The highest BCUT2D eigenvalue weighted by molar-refractivity contribution is 14.1. The predicted molar refractivity (Wildman–Crippen MR) is 39.2 cm³/mol. The van der Waals surface area contributed by atoms with Gasteiger partial charge in [0.1, 0.15) is 11.2 Å². The van der Waals surface area contributed by atoms with E-state index in [4.69, 9.17) is 11.6 Å². The smallest absolute Gasteiger partial charge is 0.148 e. The van der Waals surface area contributed by atoms with Gasteiger partial charge >= 0.3 is 0 Å². The molecule has 0 saturated heterocycles. The minimum Gasteiger partial charge on any atom is -0.298 e. The summed E-state index contributed by atoms with van der Waals surface area (Å²) in [6.45, 7) is 1.50. The Bertz CT molecular complexity index is 74.1. The third-order valence-electron chi connectivity index (χ3n) is 0.577. The van der Waals surface area contributed by atoms with E-state index in [2.05, 4.69) is 22.6 Å². The lowest BCUT2D eigenvalue weighted by Gasteiger charge is -1.94. The van der Waals surface area contributed by atoms with Gasteiger partial charge in [-0.05, 0) is 6.92 Å². The molecule has 0 aromatic rings. The van der Waals surface area contributed by atoms with Crippen molar-refractivity contribution in [3.8, 4) is 0 Å². The number of hydrogen-bond donors (Lipinski definition) is 0. The standard InChI is InChI=1S/C4H6ClIO/c1-3(7)4(5)2-6/h4H,2H2,1H3. The second-order valence-electron chi connectivity index (χ2n) is 1.23. The first-order valence-electron chi connectivity index (χ1n) is 1.89. The summed E-state index contributed by atoms with van der Waals surface area (Å²) < 4.78 is 0.703. The lowest BCUT2D eigenvalue weighted by molar-refractivity contribution is -0.116. The molecule has 0 heterocycles. The molecular weight excluding hydrogens is 226 g/mol. The summed E-state index contributed by atoms with van der Waals surface area (Å²) in [7, 11) is 0. The molecule has 0 N–H and O–H groups in total. The molecule has 3 heteroatoms. The maximum Gasteiger partial charge on any atom is 0.148 e. The van der Waals surface area contributed by atoms with Crippen LogP contribution in [0.3, 0.4) is 0 Å². The molecule has 0 fully saturated rings. The topological polar surface area (TPSA) is 17.1 Å². The van der Waals surface area contributed by atoms with E-state index in [0.29, 0.717) is 4.43 Å². The Morgan fingerprint density at radius 1 is 2.00 bits per heavy atom. The van der Waals surface area contributed by atoms with Crippen LogP contribution in [-0.2, 0) is 4.79 Å². The van der Waals surface area contributed by atoms with E-state index in [1.165, 1.54) is 6.92 Å². The van der Waals surface area contributed by atoms with E-state index in [-0.39, 0.29) is 11.2 Å². The monoisotopic (exact) mass is 232 g/mol. The van der Waals surface area contributed by atoms with Crippen molar-refractivity contribution in [3.05, 3.63) is 0 Å². The van der Waals surface area contributed by atoms with Gasteiger partial charge in [-0.15, -0.1) is 11.6 Å². The zero-order chi connectivity index (χ0) is 5.86. The molecule has 0 spiro atoms. The van der Waals surface area contributed by atoms with Crippen molar-refractivity contribution < 1.29 is 4.79 Å². The first-order valence-corrected chi connectivity index (χ1v) is 3.85. The van der Waals surface area contributed by atoms with E-state index < -0.39 is 0 Å². The Kier molecular flexibility index (Phi) is 4.02. The molecule has 0 aromatic heterocycles. The molecule has 0 aromatic carbocycles. The number of ketones is 1. The van der Waals surface area contributed by atoms with Gasteiger partial charge in [-0.2, -0.15) is 0 Å². The number of alkyl halides is 2.